The van der Waals surface area contributed by atoms with Crippen LogP contribution >= 0.6 is 0 Å². The van der Waals surface area contributed by atoms with Gasteiger partial charge in [-0.1, -0.05) is 12.1 Å². The first-order valence-corrected chi connectivity index (χ1v) is 4.72. The smallest absolute Gasteiger partial charge is 0.303 e. The summed E-state index contributed by atoms with van der Waals surface area (Å²) in [6, 6.07) is 6.07. The molecule has 0 radical (unpaired) electrons. The summed E-state index contributed by atoms with van der Waals surface area (Å²) in [6.45, 7) is 1.72. The number of carboxylic acid groups (broad SMARTS) is 1. The minimum atomic E-state index is -0.876. The molecule has 0 aromatic heterocycles. The largest absolute Gasteiger partial charge is 0.488 e. The van der Waals surface area contributed by atoms with Crippen molar-refractivity contribution in [2.45, 2.75) is 25.9 Å². The number of carbonyl (C=O) groups is 1. The normalized spacial score (nSPS) is 12.1. The van der Waals surface area contributed by atoms with Gasteiger partial charge in [0.1, 0.15) is 0 Å². The molecule has 1 N–H and O–H groups in total. The average molecular weight is 212 g/mol. The molecule has 82 valence electrons. The van der Waals surface area contributed by atoms with Gasteiger partial charge in [0.05, 0.1) is 6.10 Å². The Morgan fingerprint density at radius 3 is 2.80 bits per heavy atom. The second-order valence-corrected chi connectivity index (χ2v) is 3.29. The van der Waals surface area contributed by atoms with Gasteiger partial charge in [-0.2, -0.15) is 0 Å². The zero-order chi connectivity index (χ0) is 11.3. The second kappa shape index (κ2) is 5.34. The Bertz CT molecular complexity index is 338. The molecule has 1 atom stereocenters. The van der Waals surface area contributed by atoms with E-state index in [0.29, 0.717) is 6.42 Å². The number of rotatable bonds is 5. The summed E-state index contributed by atoms with van der Waals surface area (Å²) in [7, 11) is 0. The lowest BCUT2D eigenvalue weighted by molar-refractivity contribution is -0.137. The molecule has 0 saturated heterocycles. The molecule has 1 unspecified atom stereocenters. The molecule has 1 aromatic rings. The number of aliphatic carboxylic acids is 1. The van der Waals surface area contributed by atoms with Crippen LogP contribution in [0.5, 0.6) is 5.75 Å². The molecule has 0 bridgehead atoms. The second-order valence-electron chi connectivity index (χ2n) is 3.29. The number of carboxylic acids is 1. The van der Waals surface area contributed by atoms with Gasteiger partial charge in [0.2, 0.25) is 0 Å². The molecule has 3 nitrogen and oxygen atoms in total. The number of halogens is 1. The summed E-state index contributed by atoms with van der Waals surface area (Å²) in [5, 5.41) is 8.45. The molecule has 0 aliphatic rings. The van der Waals surface area contributed by atoms with Crippen molar-refractivity contribution in [2.75, 3.05) is 0 Å². The number of hydrogen-bond acceptors (Lipinski definition) is 2. The molecule has 0 fully saturated rings. The zero-order valence-corrected chi connectivity index (χ0v) is 8.44. The van der Waals surface area contributed by atoms with Gasteiger partial charge in [-0.15, -0.1) is 0 Å². The van der Waals surface area contributed by atoms with Gasteiger partial charge < -0.3 is 9.84 Å². The van der Waals surface area contributed by atoms with E-state index in [1.807, 2.05) is 0 Å². The number of hydrogen-bond donors (Lipinski definition) is 1. The lowest BCUT2D eigenvalue weighted by atomic mass is 10.2. The van der Waals surface area contributed by atoms with Crippen LogP contribution in [0.3, 0.4) is 0 Å². The number of ether oxygens (including phenoxy) is 1. The first-order chi connectivity index (χ1) is 7.09. The van der Waals surface area contributed by atoms with E-state index >= 15 is 0 Å². The average Bonchev–Trinajstić information content (AvgIpc) is 2.18. The van der Waals surface area contributed by atoms with Crippen molar-refractivity contribution >= 4 is 5.97 Å². The van der Waals surface area contributed by atoms with Crippen LogP contribution in [0.4, 0.5) is 4.39 Å². The fourth-order valence-corrected chi connectivity index (χ4v) is 1.14. The van der Waals surface area contributed by atoms with Crippen molar-refractivity contribution < 1.29 is 19.0 Å². The van der Waals surface area contributed by atoms with E-state index in [1.54, 1.807) is 19.1 Å². The van der Waals surface area contributed by atoms with Crippen LogP contribution in [0.15, 0.2) is 24.3 Å². The predicted octanol–water partition coefficient (Wildman–Crippen LogP) is 2.46. The SMILES string of the molecule is CC(CCC(=O)O)Oc1ccccc1F. The van der Waals surface area contributed by atoms with Crippen molar-refractivity contribution in [3.05, 3.63) is 30.1 Å². The van der Waals surface area contributed by atoms with Crippen LogP contribution in [0.25, 0.3) is 0 Å². The Morgan fingerprint density at radius 2 is 2.20 bits per heavy atom. The van der Waals surface area contributed by atoms with Gasteiger partial charge >= 0.3 is 5.97 Å². The summed E-state index contributed by atoms with van der Waals surface area (Å²) < 4.78 is 18.4. The Kier molecular flexibility index (Phi) is 4.09. The topological polar surface area (TPSA) is 46.5 Å². The maximum Gasteiger partial charge on any atom is 0.303 e. The molecule has 1 aromatic carbocycles. The van der Waals surface area contributed by atoms with Gasteiger partial charge in [-0.05, 0) is 25.5 Å². The Morgan fingerprint density at radius 1 is 1.53 bits per heavy atom. The highest BCUT2D eigenvalue weighted by Crippen LogP contribution is 2.18. The third kappa shape index (κ3) is 3.97. The Hall–Kier alpha value is -1.58. The minimum Gasteiger partial charge on any atom is -0.488 e. The third-order valence-corrected chi connectivity index (χ3v) is 1.93. The summed E-state index contributed by atoms with van der Waals surface area (Å²) in [5.74, 6) is -1.14. The van der Waals surface area contributed by atoms with Gasteiger partial charge in [0.15, 0.2) is 11.6 Å². The zero-order valence-electron chi connectivity index (χ0n) is 8.44. The highest BCUT2D eigenvalue weighted by molar-refractivity contribution is 5.66. The standard InChI is InChI=1S/C11H13FO3/c1-8(6-7-11(13)14)15-10-5-3-2-4-9(10)12/h2-5,8H,6-7H2,1H3,(H,13,14). The molecule has 4 heteroatoms. The van der Waals surface area contributed by atoms with Gasteiger partial charge in [-0.3, -0.25) is 4.79 Å². The molecule has 0 heterocycles. The lowest BCUT2D eigenvalue weighted by Gasteiger charge is -2.13. The maximum absolute atomic E-state index is 13.1. The van der Waals surface area contributed by atoms with Crippen molar-refractivity contribution in [1.29, 1.82) is 0 Å². The highest BCUT2D eigenvalue weighted by Gasteiger charge is 2.09. The van der Waals surface area contributed by atoms with Crippen molar-refractivity contribution in [1.82, 2.24) is 0 Å². The van der Waals surface area contributed by atoms with E-state index < -0.39 is 11.8 Å². The van der Waals surface area contributed by atoms with E-state index in [2.05, 4.69) is 0 Å². The summed E-state index contributed by atoms with van der Waals surface area (Å²) in [5.41, 5.74) is 0. The summed E-state index contributed by atoms with van der Waals surface area (Å²) in [6.07, 6.45) is 0.0808. The van der Waals surface area contributed by atoms with Crippen LogP contribution in [0.1, 0.15) is 19.8 Å². The molecule has 0 saturated carbocycles. The molecule has 0 aliphatic heterocycles. The quantitative estimate of drug-likeness (QED) is 0.815. The van der Waals surface area contributed by atoms with E-state index in [4.69, 9.17) is 9.84 Å². The Labute approximate surface area is 87.5 Å². The van der Waals surface area contributed by atoms with Gasteiger partial charge in [0.25, 0.3) is 0 Å². The number of para-hydroxylation sites is 1. The van der Waals surface area contributed by atoms with Crippen molar-refractivity contribution in [3.63, 3.8) is 0 Å². The molecule has 1 rings (SSSR count). The molecule has 15 heavy (non-hydrogen) atoms. The van der Waals surface area contributed by atoms with E-state index in [1.165, 1.54) is 12.1 Å². The first-order valence-electron chi connectivity index (χ1n) is 4.72. The molecule has 0 aliphatic carbocycles. The van der Waals surface area contributed by atoms with Gasteiger partial charge in [0, 0.05) is 6.42 Å². The maximum atomic E-state index is 13.1. The fraction of sp³-hybridized carbons (Fsp3) is 0.364. The van der Waals surface area contributed by atoms with E-state index in [-0.39, 0.29) is 18.3 Å². The summed E-state index contributed by atoms with van der Waals surface area (Å²) >= 11 is 0. The third-order valence-electron chi connectivity index (χ3n) is 1.93. The number of benzene rings is 1. The summed E-state index contributed by atoms with van der Waals surface area (Å²) in [4.78, 5) is 10.3. The van der Waals surface area contributed by atoms with Crippen LogP contribution in [0.2, 0.25) is 0 Å². The van der Waals surface area contributed by atoms with E-state index in [9.17, 15) is 9.18 Å². The van der Waals surface area contributed by atoms with Crippen LogP contribution in [-0.4, -0.2) is 17.2 Å². The first kappa shape index (κ1) is 11.5. The monoisotopic (exact) mass is 212 g/mol. The van der Waals surface area contributed by atoms with E-state index in [0.717, 1.165) is 0 Å². The van der Waals surface area contributed by atoms with Crippen LogP contribution in [-0.2, 0) is 4.79 Å². The predicted molar refractivity (Wildman–Crippen MR) is 53.4 cm³/mol. The van der Waals surface area contributed by atoms with Crippen molar-refractivity contribution in [3.8, 4) is 5.75 Å². The van der Waals surface area contributed by atoms with Gasteiger partial charge in [-0.25, -0.2) is 4.39 Å². The lowest BCUT2D eigenvalue weighted by Crippen LogP contribution is -2.14. The van der Waals surface area contributed by atoms with Crippen molar-refractivity contribution in [2.24, 2.45) is 0 Å². The molecular weight excluding hydrogens is 199 g/mol. The molecule has 0 spiro atoms. The molecule has 0 amide bonds. The minimum absolute atomic E-state index is 0.0234. The van der Waals surface area contributed by atoms with Crippen LogP contribution in [0, 0.1) is 5.82 Å². The fourth-order valence-electron chi connectivity index (χ4n) is 1.14. The highest BCUT2D eigenvalue weighted by atomic mass is 19.1. The van der Waals surface area contributed by atoms with Crippen LogP contribution < -0.4 is 4.74 Å². The Balaban J connectivity index is 2.47. The molecular formula is C11H13FO3.